The Labute approximate surface area is 138 Å². The van der Waals surface area contributed by atoms with Gasteiger partial charge in [-0.2, -0.15) is 0 Å². The van der Waals surface area contributed by atoms with Crippen LogP contribution in [0.15, 0.2) is 48.5 Å². The van der Waals surface area contributed by atoms with Crippen LogP contribution in [-0.4, -0.2) is 12.3 Å². The fourth-order valence-corrected chi connectivity index (χ4v) is 1.81. The molecule has 24 heavy (non-hydrogen) atoms. The summed E-state index contributed by atoms with van der Waals surface area (Å²) in [7, 11) is 0. The Morgan fingerprint density at radius 1 is 1.12 bits per heavy atom. The summed E-state index contributed by atoms with van der Waals surface area (Å²) in [5, 5.41) is 2.59. The molecule has 0 atom stereocenters. The standard InChI is InChI=1S/C15H13F3N2O2.C2H6/c16-15(17,18)22-13-6-2-4-11(8-13)14(21)20-12-5-1-3-10(7-12)9-19;1-2/h1-8H,9,19H2,(H,20,21);1-2H3. The van der Waals surface area contributed by atoms with Gasteiger partial charge in [0, 0.05) is 17.8 Å². The molecular formula is C17H19F3N2O2. The number of anilines is 1. The molecule has 0 fully saturated rings. The predicted octanol–water partition coefficient (Wildman–Crippen LogP) is 4.32. The van der Waals surface area contributed by atoms with Gasteiger partial charge < -0.3 is 15.8 Å². The molecule has 4 nitrogen and oxygen atoms in total. The highest BCUT2D eigenvalue weighted by atomic mass is 19.4. The van der Waals surface area contributed by atoms with E-state index in [2.05, 4.69) is 10.1 Å². The van der Waals surface area contributed by atoms with Crippen molar-refractivity contribution < 1.29 is 22.7 Å². The number of nitrogens with two attached hydrogens (primary N) is 1. The van der Waals surface area contributed by atoms with Gasteiger partial charge in [0.25, 0.3) is 5.91 Å². The number of carbonyl (C=O) groups excluding carboxylic acids is 1. The zero-order valence-electron chi connectivity index (χ0n) is 13.4. The lowest BCUT2D eigenvalue weighted by Crippen LogP contribution is -2.18. The minimum Gasteiger partial charge on any atom is -0.406 e. The molecule has 2 aromatic rings. The van der Waals surface area contributed by atoms with E-state index < -0.39 is 18.0 Å². The quantitative estimate of drug-likeness (QED) is 0.871. The van der Waals surface area contributed by atoms with Crippen molar-refractivity contribution in [1.82, 2.24) is 0 Å². The number of alkyl halides is 3. The second-order valence-electron chi connectivity index (χ2n) is 4.43. The normalized spacial score (nSPS) is 10.4. The van der Waals surface area contributed by atoms with Crippen molar-refractivity contribution in [1.29, 1.82) is 0 Å². The van der Waals surface area contributed by atoms with Crippen molar-refractivity contribution in [2.45, 2.75) is 26.8 Å². The molecule has 0 aromatic heterocycles. The fraction of sp³-hybridized carbons (Fsp3) is 0.235. The van der Waals surface area contributed by atoms with Gasteiger partial charge in [0.2, 0.25) is 0 Å². The van der Waals surface area contributed by atoms with Crippen LogP contribution in [0.5, 0.6) is 5.75 Å². The van der Waals surface area contributed by atoms with Crippen LogP contribution >= 0.6 is 0 Å². The van der Waals surface area contributed by atoms with Crippen molar-refractivity contribution >= 4 is 11.6 Å². The number of hydrogen-bond donors (Lipinski definition) is 2. The molecule has 0 saturated carbocycles. The van der Waals surface area contributed by atoms with Gasteiger partial charge in [0.05, 0.1) is 0 Å². The molecule has 0 bridgehead atoms. The van der Waals surface area contributed by atoms with Gasteiger partial charge in [-0.3, -0.25) is 4.79 Å². The molecule has 1 amide bonds. The Morgan fingerprint density at radius 3 is 2.42 bits per heavy atom. The minimum atomic E-state index is -4.80. The maximum Gasteiger partial charge on any atom is 0.573 e. The van der Waals surface area contributed by atoms with E-state index in [0.717, 1.165) is 17.7 Å². The van der Waals surface area contributed by atoms with Gasteiger partial charge in [-0.05, 0) is 35.9 Å². The second kappa shape index (κ2) is 8.93. The third-order valence-electron chi connectivity index (χ3n) is 2.75. The number of hydrogen-bond acceptors (Lipinski definition) is 3. The Kier molecular flexibility index (Phi) is 7.26. The summed E-state index contributed by atoms with van der Waals surface area (Å²) in [5.41, 5.74) is 6.89. The van der Waals surface area contributed by atoms with Crippen molar-refractivity contribution in [2.24, 2.45) is 5.73 Å². The summed E-state index contributed by atoms with van der Waals surface area (Å²) in [6, 6.07) is 11.7. The van der Waals surface area contributed by atoms with Crippen molar-refractivity contribution in [3.63, 3.8) is 0 Å². The Morgan fingerprint density at radius 2 is 1.79 bits per heavy atom. The van der Waals surface area contributed by atoms with E-state index in [0.29, 0.717) is 12.2 Å². The number of carbonyl (C=O) groups is 1. The van der Waals surface area contributed by atoms with Gasteiger partial charge in [-0.15, -0.1) is 13.2 Å². The SMILES string of the molecule is CC.NCc1cccc(NC(=O)c2cccc(OC(F)(F)F)c2)c1. The average molecular weight is 340 g/mol. The lowest BCUT2D eigenvalue weighted by atomic mass is 10.1. The summed E-state index contributed by atoms with van der Waals surface area (Å²) in [6.07, 6.45) is -4.80. The Hall–Kier alpha value is -2.54. The topological polar surface area (TPSA) is 64.3 Å². The maximum atomic E-state index is 12.2. The van der Waals surface area contributed by atoms with E-state index in [-0.39, 0.29) is 5.56 Å². The van der Waals surface area contributed by atoms with Crippen LogP contribution in [0.2, 0.25) is 0 Å². The van der Waals surface area contributed by atoms with Crippen LogP contribution in [0.25, 0.3) is 0 Å². The first kappa shape index (κ1) is 19.5. The van der Waals surface area contributed by atoms with Crippen LogP contribution < -0.4 is 15.8 Å². The number of benzene rings is 2. The molecule has 0 spiro atoms. The van der Waals surface area contributed by atoms with Crippen LogP contribution in [0, 0.1) is 0 Å². The highest BCUT2D eigenvalue weighted by molar-refractivity contribution is 6.04. The van der Waals surface area contributed by atoms with E-state index in [1.807, 2.05) is 13.8 Å². The maximum absolute atomic E-state index is 12.2. The summed E-state index contributed by atoms with van der Waals surface area (Å²) >= 11 is 0. The summed E-state index contributed by atoms with van der Waals surface area (Å²) in [6.45, 7) is 4.32. The zero-order chi connectivity index (χ0) is 18.2. The molecule has 2 aromatic carbocycles. The lowest BCUT2D eigenvalue weighted by molar-refractivity contribution is -0.274. The van der Waals surface area contributed by atoms with Crippen LogP contribution in [0.4, 0.5) is 18.9 Å². The highest BCUT2D eigenvalue weighted by Gasteiger charge is 2.31. The molecule has 0 saturated heterocycles. The molecule has 3 N–H and O–H groups in total. The molecule has 0 aliphatic rings. The molecule has 0 unspecified atom stereocenters. The third-order valence-corrected chi connectivity index (χ3v) is 2.75. The number of nitrogens with one attached hydrogen (secondary N) is 1. The largest absolute Gasteiger partial charge is 0.573 e. The van der Waals surface area contributed by atoms with E-state index in [9.17, 15) is 18.0 Å². The highest BCUT2D eigenvalue weighted by Crippen LogP contribution is 2.23. The van der Waals surface area contributed by atoms with Gasteiger partial charge in [-0.1, -0.05) is 32.0 Å². The van der Waals surface area contributed by atoms with E-state index in [1.165, 1.54) is 12.1 Å². The lowest BCUT2D eigenvalue weighted by Gasteiger charge is -2.10. The van der Waals surface area contributed by atoms with Crippen LogP contribution in [0.1, 0.15) is 29.8 Å². The van der Waals surface area contributed by atoms with E-state index in [4.69, 9.17) is 5.73 Å². The third kappa shape index (κ3) is 6.29. The first-order valence-electron chi connectivity index (χ1n) is 7.33. The van der Waals surface area contributed by atoms with Crippen LogP contribution in [0.3, 0.4) is 0 Å². The first-order valence-corrected chi connectivity index (χ1v) is 7.33. The molecule has 2 rings (SSSR count). The Bertz CT molecular complexity index is 673. The Balaban J connectivity index is 0.00000139. The van der Waals surface area contributed by atoms with Crippen molar-refractivity contribution in [3.05, 3.63) is 59.7 Å². The first-order chi connectivity index (χ1) is 11.4. The second-order valence-corrected chi connectivity index (χ2v) is 4.43. The van der Waals surface area contributed by atoms with Gasteiger partial charge in [0.15, 0.2) is 0 Å². The molecule has 0 aliphatic heterocycles. The number of amides is 1. The average Bonchev–Trinajstić information content (AvgIpc) is 2.55. The summed E-state index contributed by atoms with van der Waals surface area (Å²) in [4.78, 5) is 12.1. The van der Waals surface area contributed by atoms with E-state index >= 15 is 0 Å². The molecule has 0 heterocycles. The number of halogens is 3. The molecule has 0 radical (unpaired) electrons. The van der Waals surface area contributed by atoms with Gasteiger partial charge in [0.1, 0.15) is 5.75 Å². The van der Waals surface area contributed by atoms with Crippen molar-refractivity contribution in [2.75, 3.05) is 5.32 Å². The predicted molar refractivity (Wildman–Crippen MR) is 86.8 cm³/mol. The zero-order valence-corrected chi connectivity index (χ0v) is 13.4. The van der Waals surface area contributed by atoms with Gasteiger partial charge >= 0.3 is 6.36 Å². The van der Waals surface area contributed by atoms with Crippen LogP contribution in [-0.2, 0) is 6.54 Å². The number of ether oxygens (including phenoxy) is 1. The monoisotopic (exact) mass is 340 g/mol. The fourth-order valence-electron chi connectivity index (χ4n) is 1.81. The molecular weight excluding hydrogens is 321 g/mol. The van der Waals surface area contributed by atoms with Crippen molar-refractivity contribution in [3.8, 4) is 5.75 Å². The summed E-state index contributed by atoms with van der Waals surface area (Å²) in [5.74, 6) is -0.988. The minimum absolute atomic E-state index is 0.0555. The smallest absolute Gasteiger partial charge is 0.406 e. The summed E-state index contributed by atoms with van der Waals surface area (Å²) < 4.78 is 40.3. The molecule has 7 heteroatoms. The molecule has 130 valence electrons. The van der Waals surface area contributed by atoms with Gasteiger partial charge in [-0.25, -0.2) is 0 Å². The molecule has 0 aliphatic carbocycles. The van der Waals surface area contributed by atoms with E-state index in [1.54, 1.807) is 24.3 Å². The number of rotatable bonds is 4.